The van der Waals surface area contributed by atoms with Gasteiger partial charge in [-0.3, -0.25) is 0 Å². The molecule has 66 valence electrons. The molecule has 0 amide bonds. The van der Waals surface area contributed by atoms with E-state index < -0.39 is 0 Å². The van der Waals surface area contributed by atoms with Gasteiger partial charge < -0.3 is 10.2 Å². The third-order valence-electron chi connectivity index (χ3n) is 1.82. The van der Waals surface area contributed by atoms with Gasteiger partial charge in [-0.15, -0.1) is 0 Å². The Morgan fingerprint density at radius 1 is 1.31 bits per heavy atom. The highest BCUT2D eigenvalue weighted by molar-refractivity contribution is 5.59. The van der Waals surface area contributed by atoms with Crippen molar-refractivity contribution in [1.29, 1.82) is 0 Å². The molecule has 2 aromatic heterocycles. The van der Waals surface area contributed by atoms with Crippen molar-refractivity contribution < 1.29 is 4.42 Å². The Labute approximate surface area is 75.4 Å². The Balaban J connectivity index is 2.51. The Bertz CT molecular complexity index is 384. The molecule has 0 radical (unpaired) electrons. The van der Waals surface area contributed by atoms with E-state index in [2.05, 4.69) is 10.2 Å². The first-order valence-electron chi connectivity index (χ1n) is 3.95. The second-order valence-corrected chi connectivity index (χ2v) is 2.61. The topological polar surface area (TPSA) is 64.9 Å². The van der Waals surface area contributed by atoms with E-state index in [9.17, 15) is 0 Å². The minimum Gasteiger partial charge on any atom is -0.464 e. The number of hydrogen-bond donors (Lipinski definition) is 1. The summed E-state index contributed by atoms with van der Waals surface area (Å²) in [6.07, 6.45) is 4.93. The van der Waals surface area contributed by atoms with Gasteiger partial charge >= 0.3 is 0 Å². The highest BCUT2D eigenvalue weighted by Gasteiger charge is 2.05. The van der Waals surface area contributed by atoms with Crippen LogP contribution in [-0.2, 0) is 6.54 Å². The molecule has 0 aromatic carbocycles. The second kappa shape index (κ2) is 3.37. The molecule has 4 nitrogen and oxygen atoms in total. The van der Waals surface area contributed by atoms with Crippen molar-refractivity contribution in [2.24, 2.45) is 5.73 Å². The third-order valence-corrected chi connectivity index (χ3v) is 1.82. The van der Waals surface area contributed by atoms with E-state index in [4.69, 9.17) is 10.2 Å². The van der Waals surface area contributed by atoms with Gasteiger partial charge in [0.25, 0.3) is 0 Å². The van der Waals surface area contributed by atoms with Crippen molar-refractivity contribution >= 4 is 0 Å². The molecule has 0 atom stereocenters. The summed E-state index contributed by atoms with van der Waals surface area (Å²) in [5.74, 6) is 0.773. The standard InChI is InChI=1S/C9H9N3O/c10-4-7-5-11-12-6-8(7)9-2-1-3-13-9/h1-3,5-6H,4,10H2. The first-order valence-corrected chi connectivity index (χ1v) is 3.95. The Morgan fingerprint density at radius 2 is 2.15 bits per heavy atom. The summed E-state index contributed by atoms with van der Waals surface area (Å²) in [6.45, 7) is 0.436. The lowest BCUT2D eigenvalue weighted by molar-refractivity contribution is 0.581. The monoisotopic (exact) mass is 175 g/mol. The molecule has 0 spiro atoms. The molecule has 0 saturated heterocycles. The summed E-state index contributed by atoms with van der Waals surface area (Å²) in [5.41, 5.74) is 7.39. The zero-order chi connectivity index (χ0) is 9.10. The lowest BCUT2D eigenvalue weighted by atomic mass is 10.1. The van der Waals surface area contributed by atoms with Crippen molar-refractivity contribution in [3.63, 3.8) is 0 Å². The molecule has 0 unspecified atom stereocenters. The van der Waals surface area contributed by atoms with Crippen LogP contribution in [0.25, 0.3) is 11.3 Å². The van der Waals surface area contributed by atoms with Crippen LogP contribution in [0.4, 0.5) is 0 Å². The summed E-state index contributed by atoms with van der Waals surface area (Å²) in [5, 5.41) is 7.54. The number of nitrogens with two attached hydrogens (primary N) is 1. The summed E-state index contributed by atoms with van der Waals surface area (Å²) in [4.78, 5) is 0. The fourth-order valence-electron chi connectivity index (χ4n) is 1.16. The van der Waals surface area contributed by atoms with Gasteiger partial charge in [0, 0.05) is 12.1 Å². The molecule has 2 rings (SSSR count). The molecule has 0 aliphatic rings. The van der Waals surface area contributed by atoms with Crippen LogP contribution in [0.15, 0.2) is 35.2 Å². The SMILES string of the molecule is NCc1cnncc1-c1ccco1. The largest absolute Gasteiger partial charge is 0.464 e. The highest BCUT2D eigenvalue weighted by atomic mass is 16.3. The molecule has 0 fully saturated rings. The maximum atomic E-state index is 5.55. The fraction of sp³-hybridized carbons (Fsp3) is 0.111. The molecule has 2 aromatic rings. The maximum Gasteiger partial charge on any atom is 0.135 e. The minimum atomic E-state index is 0.436. The minimum absolute atomic E-state index is 0.436. The van der Waals surface area contributed by atoms with Gasteiger partial charge in [0.15, 0.2) is 0 Å². The predicted molar refractivity (Wildman–Crippen MR) is 47.6 cm³/mol. The van der Waals surface area contributed by atoms with Gasteiger partial charge in [-0.25, -0.2) is 0 Å². The average Bonchev–Trinajstić information content (AvgIpc) is 2.70. The van der Waals surface area contributed by atoms with Gasteiger partial charge in [0.1, 0.15) is 5.76 Å². The van der Waals surface area contributed by atoms with E-state index in [-0.39, 0.29) is 0 Å². The van der Waals surface area contributed by atoms with E-state index in [1.54, 1.807) is 18.7 Å². The number of furan rings is 1. The lowest BCUT2D eigenvalue weighted by Crippen LogP contribution is -2.00. The van der Waals surface area contributed by atoms with E-state index in [1.165, 1.54) is 0 Å². The van der Waals surface area contributed by atoms with Gasteiger partial charge in [-0.1, -0.05) is 0 Å². The normalized spacial score (nSPS) is 10.2. The second-order valence-electron chi connectivity index (χ2n) is 2.61. The Kier molecular flexibility index (Phi) is 2.06. The zero-order valence-electron chi connectivity index (χ0n) is 6.97. The van der Waals surface area contributed by atoms with Gasteiger partial charge in [-0.2, -0.15) is 10.2 Å². The first-order chi connectivity index (χ1) is 6.42. The number of nitrogens with zero attached hydrogens (tertiary/aromatic N) is 2. The molecule has 4 heteroatoms. The maximum absolute atomic E-state index is 5.55. The van der Waals surface area contributed by atoms with Crippen LogP contribution in [0.1, 0.15) is 5.56 Å². The summed E-state index contributed by atoms with van der Waals surface area (Å²) in [7, 11) is 0. The van der Waals surface area contributed by atoms with Gasteiger partial charge in [0.2, 0.25) is 0 Å². The Hall–Kier alpha value is -1.68. The van der Waals surface area contributed by atoms with Crippen LogP contribution in [0.5, 0.6) is 0 Å². The van der Waals surface area contributed by atoms with Gasteiger partial charge in [-0.05, 0) is 17.7 Å². The summed E-state index contributed by atoms with van der Waals surface area (Å²) in [6, 6.07) is 3.70. The van der Waals surface area contributed by atoms with E-state index in [0.29, 0.717) is 6.54 Å². The van der Waals surface area contributed by atoms with Crippen molar-refractivity contribution in [1.82, 2.24) is 10.2 Å². The fourth-order valence-corrected chi connectivity index (χ4v) is 1.16. The van der Waals surface area contributed by atoms with Crippen molar-refractivity contribution in [3.05, 3.63) is 36.4 Å². The molecule has 0 saturated carbocycles. The average molecular weight is 175 g/mol. The molecular weight excluding hydrogens is 166 g/mol. The van der Waals surface area contributed by atoms with Crippen LogP contribution in [0.2, 0.25) is 0 Å². The van der Waals surface area contributed by atoms with Crippen LogP contribution in [-0.4, -0.2) is 10.2 Å². The molecule has 0 bridgehead atoms. The Morgan fingerprint density at radius 3 is 2.85 bits per heavy atom. The number of rotatable bonds is 2. The van der Waals surface area contributed by atoms with E-state index in [1.807, 2.05) is 12.1 Å². The van der Waals surface area contributed by atoms with E-state index >= 15 is 0 Å². The predicted octanol–water partition coefficient (Wildman–Crippen LogP) is 1.20. The zero-order valence-corrected chi connectivity index (χ0v) is 6.97. The number of aromatic nitrogens is 2. The van der Waals surface area contributed by atoms with Crippen molar-refractivity contribution in [3.8, 4) is 11.3 Å². The molecule has 13 heavy (non-hydrogen) atoms. The molecular formula is C9H9N3O. The quantitative estimate of drug-likeness (QED) is 0.744. The highest BCUT2D eigenvalue weighted by Crippen LogP contribution is 2.21. The van der Waals surface area contributed by atoms with Crippen LogP contribution in [0.3, 0.4) is 0 Å². The lowest BCUT2D eigenvalue weighted by Gasteiger charge is -2.01. The van der Waals surface area contributed by atoms with Crippen molar-refractivity contribution in [2.45, 2.75) is 6.54 Å². The number of hydrogen-bond acceptors (Lipinski definition) is 4. The molecule has 0 aliphatic carbocycles. The van der Waals surface area contributed by atoms with Crippen LogP contribution in [0, 0.1) is 0 Å². The molecule has 0 aliphatic heterocycles. The molecule has 2 heterocycles. The molecule has 2 N–H and O–H groups in total. The van der Waals surface area contributed by atoms with Crippen molar-refractivity contribution in [2.75, 3.05) is 0 Å². The third kappa shape index (κ3) is 1.43. The smallest absolute Gasteiger partial charge is 0.135 e. The van der Waals surface area contributed by atoms with Crippen LogP contribution >= 0.6 is 0 Å². The van der Waals surface area contributed by atoms with E-state index in [0.717, 1.165) is 16.9 Å². The summed E-state index contributed by atoms with van der Waals surface area (Å²) >= 11 is 0. The summed E-state index contributed by atoms with van der Waals surface area (Å²) < 4.78 is 5.24. The van der Waals surface area contributed by atoms with Crippen LogP contribution < -0.4 is 5.73 Å². The first kappa shape index (κ1) is 7.94. The van der Waals surface area contributed by atoms with Gasteiger partial charge in [0.05, 0.1) is 18.7 Å².